The van der Waals surface area contributed by atoms with Gasteiger partial charge in [0.05, 0.1) is 45.7 Å². The summed E-state index contributed by atoms with van der Waals surface area (Å²) in [4.78, 5) is 23.9. The summed E-state index contributed by atoms with van der Waals surface area (Å²) in [5.74, 6) is -1.47. The van der Waals surface area contributed by atoms with Gasteiger partial charge < -0.3 is 150 Å². The molecule has 0 aromatic carbocycles. The number of ether oxygens (including phenoxy) is 10. The summed E-state index contributed by atoms with van der Waals surface area (Å²) in [6.45, 7) is -2.05. The molecular formula is C40H70N2O30. The van der Waals surface area contributed by atoms with Gasteiger partial charge in [0.1, 0.15) is 140 Å². The minimum Gasteiger partial charge on any atom is -0.394 e. The van der Waals surface area contributed by atoms with E-state index in [1.54, 1.807) is 0 Å². The number of aliphatic hydroxyl groups is 18. The molecule has 2 amide bonds. The van der Waals surface area contributed by atoms with E-state index >= 15 is 0 Å². The molecule has 72 heavy (non-hydrogen) atoms. The van der Waals surface area contributed by atoms with Crippen LogP contribution in [0.15, 0.2) is 0 Å². The second-order valence-electron chi connectivity index (χ2n) is 18.1. The van der Waals surface area contributed by atoms with Crippen molar-refractivity contribution in [2.24, 2.45) is 0 Å². The van der Waals surface area contributed by atoms with Crippen molar-refractivity contribution < 1.29 is 149 Å². The van der Waals surface area contributed by atoms with Crippen molar-refractivity contribution in [2.75, 3.05) is 39.6 Å². The third kappa shape index (κ3) is 13.9. The van der Waals surface area contributed by atoms with E-state index in [1.807, 2.05) is 0 Å². The van der Waals surface area contributed by atoms with E-state index in [-0.39, 0.29) is 0 Å². The van der Waals surface area contributed by atoms with E-state index in [4.69, 9.17) is 47.4 Å². The first-order valence-electron chi connectivity index (χ1n) is 22.9. The zero-order chi connectivity index (χ0) is 53.6. The second kappa shape index (κ2) is 26.7. The Labute approximate surface area is 409 Å². The Balaban J connectivity index is 1.19. The van der Waals surface area contributed by atoms with Crippen molar-refractivity contribution >= 4 is 11.8 Å². The van der Waals surface area contributed by atoms with Crippen molar-refractivity contribution in [3.63, 3.8) is 0 Å². The Morgan fingerprint density at radius 3 is 1.60 bits per heavy atom. The van der Waals surface area contributed by atoms with Gasteiger partial charge in [0.15, 0.2) is 31.5 Å². The third-order valence-corrected chi connectivity index (χ3v) is 12.8. The van der Waals surface area contributed by atoms with Crippen LogP contribution in [0.2, 0.25) is 0 Å². The first-order valence-corrected chi connectivity index (χ1v) is 22.9. The maximum atomic E-state index is 12.0. The average Bonchev–Trinajstić information content (AvgIpc) is 3.63. The van der Waals surface area contributed by atoms with E-state index in [9.17, 15) is 102 Å². The number of hydrogen-bond donors (Lipinski definition) is 20. The molecule has 0 unspecified atom stereocenters. The summed E-state index contributed by atoms with van der Waals surface area (Å²) in [5, 5.41) is 194. The lowest BCUT2D eigenvalue weighted by molar-refractivity contribution is -0.373. The molecule has 5 aliphatic rings. The van der Waals surface area contributed by atoms with Crippen molar-refractivity contribution in [1.29, 1.82) is 0 Å². The van der Waals surface area contributed by atoms with Gasteiger partial charge in [-0.05, 0) is 6.92 Å². The highest BCUT2D eigenvalue weighted by atomic mass is 16.8. The Hall–Kier alpha value is -2.18. The molecule has 0 saturated carbocycles. The molecule has 0 aliphatic carbocycles. The summed E-state index contributed by atoms with van der Waals surface area (Å²) in [6.07, 6.45) is -48.7. The fraction of sp³-hybridized carbons (Fsp3) is 0.950. The summed E-state index contributed by atoms with van der Waals surface area (Å²) in [6, 6.07) is -3.10. The average molecular weight is 1060 g/mol. The van der Waals surface area contributed by atoms with E-state index < -0.39 is 229 Å². The predicted octanol–water partition coefficient (Wildman–Crippen LogP) is -13.1. The molecule has 32 heteroatoms. The monoisotopic (exact) mass is 1060 g/mol. The van der Waals surface area contributed by atoms with Gasteiger partial charge in [-0.3, -0.25) is 9.59 Å². The van der Waals surface area contributed by atoms with Crippen molar-refractivity contribution in [3.8, 4) is 0 Å². The standard InChI is InChI=1S/C40H70N2O30/c1-10-21(52)35(72-36-19(41-11(2)47)25(56)23(54)16(6-45)66-36)31(62)40(65-10)71-34-17(7-46)67-38(30(61)28(34)59)63-8-15(51)33-27(58)29(60)39(70-33)64-9-18-24(55)26(57)20(42-12(3)48)37(68-18)69-32(14(50)5-44)22(53)13(49)4-43/h10,13-40,43-46,49-62H,4-9H2,1-3H3,(H,41,47)(H,42,48)/t10-,13+,14-,15-,16+,17+,18+,19+,20+,21-,22-,23-,24-,25+,26+,27+,28+,29+,30+,31+,32+,33-,34+,35+,36+,37-,38+,39+,40+/m0/s1. The zero-order valence-electron chi connectivity index (χ0n) is 38.9. The Kier molecular flexibility index (Phi) is 22.5. The largest absolute Gasteiger partial charge is 0.394 e. The van der Waals surface area contributed by atoms with Gasteiger partial charge in [-0.1, -0.05) is 0 Å². The zero-order valence-corrected chi connectivity index (χ0v) is 38.9. The molecule has 0 aromatic heterocycles. The smallest absolute Gasteiger partial charge is 0.217 e. The molecule has 5 heterocycles. The van der Waals surface area contributed by atoms with Gasteiger partial charge in [0, 0.05) is 13.8 Å². The fourth-order valence-electron chi connectivity index (χ4n) is 8.69. The van der Waals surface area contributed by atoms with Gasteiger partial charge in [0.2, 0.25) is 11.8 Å². The Bertz CT molecular complexity index is 1680. The molecule has 0 spiro atoms. The van der Waals surface area contributed by atoms with E-state index in [1.165, 1.54) is 6.92 Å². The lowest BCUT2D eigenvalue weighted by Gasteiger charge is -2.48. The number of aliphatic hydroxyl groups excluding tert-OH is 18. The molecule has 29 atom stereocenters. The van der Waals surface area contributed by atoms with E-state index in [2.05, 4.69) is 10.6 Å². The molecule has 20 N–H and O–H groups in total. The van der Waals surface area contributed by atoms with Crippen LogP contribution in [0.25, 0.3) is 0 Å². The highest BCUT2D eigenvalue weighted by molar-refractivity contribution is 5.73. The third-order valence-electron chi connectivity index (χ3n) is 12.8. The second-order valence-corrected chi connectivity index (χ2v) is 18.1. The van der Waals surface area contributed by atoms with E-state index in [0.717, 1.165) is 13.8 Å². The number of carbonyl (C=O) groups is 2. The van der Waals surface area contributed by atoms with Crippen LogP contribution in [0, 0.1) is 0 Å². The molecule has 32 nitrogen and oxygen atoms in total. The highest BCUT2D eigenvalue weighted by Gasteiger charge is 2.55. The normalized spacial score (nSPS) is 44.9. The van der Waals surface area contributed by atoms with Gasteiger partial charge in [-0.15, -0.1) is 0 Å². The van der Waals surface area contributed by atoms with Crippen LogP contribution in [-0.4, -0.2) is 321 Å². The molecule has 5 fully saturated rings. The number of nitrogens with one attached hydrogen (secondary N) is 2. The first-order chi connectivity index (χ1) is 33.9. The molecular weight excluding hydrogens is 988 g/mol. The molecule has 0 radical (unpaired) electrons. The summed E-state index contributed by atoms with van der Waals surface area (Å²) in [7, 11) is 0. The number of rotatable bonds is 22. The summed E-state index contributed by atoms with van der Waals surface area (Å²) >= 11 is 0. The van der Waals surface area contributed by atoms with Gasteiger partial charge in [-0.2, -0.15) is 0 Å². The summed E-state index contributed by atoms with van der Waals surface area (Å²) in [5.41, 5.74) is 0. The quantitative estimate of drug-likeness (QED) is 0.0479. The van der Waals surface area contributed by atoms with Crippen LogP contribution in [0.5, 0.6) is 0 Å². The number of amides is 2. The molecule has 5 rings (SSSR count). The van der Waals surface area contributed by atoms with Gasteiger partial charge in [0.25, 0.3) is 0 Å². The summed E-state index contributed by atoms with van der Waals surface area (Å²) < 4.78 is 56.1. The van der Waals surface area contributed by atoms with Gasteiger partial charge in [-0.25, -0.2) is 0 Å². The van der Waals surface area contributed by atoms with Crippen LogP contribution < -0.4 is 10.6 Å². The van der Waals surface area contributed by atoms with Crippen LogP contribution in [0.1, 0.15) is 20.8 Å². The lowest BCUT2D eigenvalue weighted by Crippen LogP contribution is -2.68. The molecule has 420 valence electrons. The van der Waals surface area contributed by atoms with Crippen molar-refractivity contribution in [2.45, 2.75) is 199 Å². The SMILES string of the molecule is CC(=O)N[C@H]1[C@H](O[C@@H]([C@@H](O)[C@H](O)CO)[C@@H](O)CO)O[C@H](CO[C@@H]2O[C@@H]([C@@H](O)CO[C@@H]3O[C@H](CO)[C@@H](O[C@H]4O[C@@H](C)[C@H](O)[C@@H](O[C@H]5O[C@H](CO)[C@H](O)[C@H](O)[C@H]5NC(C)=O)[C@H]4O)[C@H](O)[C@H]3O)[C@H](O)[C@H]2O)[C@H](O)[C@@H]1O. The predicted molar refractivity (Wildman–Crippen MR) is 223 cm³/mol. The maximum absolute atomic E-state index is 12.0. The minimum atomic E-state index is -2.07. The van der Waals surface area contributed by atoms with Crippen LogP contribution in [-0.2, 0) is 57.0 Å². The molecule has 5 saturated heterocycles. The highest BCUT2D eigenvalue weighted by Crippen LogP contribution is 2.34. The maximum Gasteiger partial charge on any atom is 0.217 e. The topological polar surface area (TPSA) is 515 Å². The Morgan fingerprint density at radius 1 is 0.514 bits per heavy atom. The first kappa shape index (κ1) is 60.7. The van der Waals surface area contributed by atoms with Crippen LogP contribution in [0.3, 0.4) is 0 Å². The van der Waals surface area contributed by atoms with Crippen LogP contribution in [0.4, 0.5) is 0 Å². The molecule has 0 aromatic rings. The lowest BCUT2D eigenvalue weighted by atomic mass is 9.95. The minimum absolute atomic E-state index is 0.694. The fourth-order valence-corrected chi connectivity index (χ4v) is 8.69. The molecule has 0 bridgehead atoms. The van der Waals surface area contributed by atoms with Crippen molar-refractivity contribution in [1.82, 2.24) is 10.6 Å². The Morgan fingerprint density at radius 2 is 1.03 bits per heavy atom. The van der Waals surface area contributed by atoms with Crippen molar-refractivity contribution in [3.05, 3.63) is 0 Å². The van der Waals surface area contributed by atoms with Crippen LogP contribution >= 0.6 is 0 Å². The molecule has 5 aliphatic heterocycles. The van der Waals surface area contributed by atoms with Gasteiger partial charge >= 0.3 is 0 Å². The van der Waals surface area contributed by atoms with E-state index in [0.29, 0.717) is 0 Å². The number of hydrogen-bond acceptors (Lipinski definition) is 30. The number of carbonyl (C=O) groups excluding carboxylic acids is 2.